The van der Waals surface area contributed by atoms with Crippen molar-refractivity contribution in [1.29, 1.82) is 0 Å². The second-order valence-corrected chi connectivity index (χ2v) is 15.7. The van der Waals surface area contributed by atoms with Gasteiger partial charge in [0.2, 0.25) is 0 Å². The van der Waals surface area contributed by atoms with Crippen LogP contribution < -0.4 is 12.4 Å². The van der Waals surface area contributed by atoms with E-state index >= 15 is 0 Å². The maximum Gasteiger partial charge on any atom is 0.0780 e. The number of halogens is 1. The molecule has 0 heterocycles. The van der Waals surface area contributed by atoms with Gasteiger partial charge in [-0.05, 0) is 12.8 Å². The molecule has 2 heteroatoms. The summed E-state index contributed by atoms with van der Waals surface area (Å²) in [7, 11) is 6.93. The Bertz CT molecular complexity index is 485. The third-order valence-corrected chi connectivity index (χ3v) is 9.93. The van der Waals surface area contributed by atoms with E-state index < -0.39 is 0 Å². The average molecular weight is 643 g/mol. The van der Waals surface area contributed by atoms with E-state index in [9.17, 15) is 0 Å². The Morgan fingerprint density at radius 3 is 0.500 bits per heavy atom. The molecule has 1 nitrogen and oxygen atoms in total. The first-order chi connectivity index (χ1) is 21.1. The van der Waals surface area contributed by atoms with Crippen LogP contribution in [-0.2, 0) is 0 Å². The number of hydrogen-bond donors (Lipinski definition) is 0. The number of quaternary nitrogens is 1. The molecule has 0 radical (unpaired) electrons. The standard InChI is InChI=1S/C42H88N.ClH/c1-5-6-7-8-9-10-11-12-13-14-15-16-17-18-19-20-21-22-23-24-25-26-27-28-29-30-31-32-33-34-35-36-37-38-39-40-41-42-43(2,3)4;/h5-42H2,1-4H3;1H/q+1;/p-1. The van der Waals surface area contributed by atoms with Crippen molar-refractivity contribution in [2.45, 2.75) is 244 Å². The summed E-state index contributed by atoms with van der Waals surface area (Å²) in [5.41, 5.74) is 0. The maximum absolute atomic E-state index is 2.31. The van der Waals surface area contributed by atoms with Gasteiger partial charge in [0, 0.05) is 0 Å². The van der Waals surface area contributed by atoms with Gasteiger partial charge in [-0.1, -0.05) is 232 Å². The summed E-state index contributed by atoms with van der Waals surface area (Å²) in [6, 6.07) is 0. The highest BCUT2D eigenvalue weighted by Gasteiger charge is 2.05. The highest BCUT2D eigenvalue weighted by atomic mass is 35.5. The van der Waals surface area contributed by atoms with Gasteiger partial charge in [-0.3, -0.25) is 0 Å². The topological polar surface area (TPSA) is 0 Å². The lowest BCUT2D eigenvalue weighted by molar-refractivity contribution is -0.870. The second-order valence-electron chi connectivity index (χ2n) is 15.7. The largest absolute Gasteiger partial charge is 1.00 e. The summed E-state index contributed by atoms with van der Waals surface area (Å²) in [5, 5.41) is 0. The van der Waals surface area contributed by atoms with E-state index in [4.69, 9.17) is 0 Å². The molecule has 0 atom stereocenters. The monoisotopic (exact) mass is 642 g/mol. The first-order valence-corrected chi connectivity index (χ1v) is 20.9. The molecule has 0 fully saturated rings. The lowest BCUT2D eigenvalue weighted by atomic mass is 10.0. The summed E-state index contributed by atoms with van der Waals surface area (Å²) in [6.07, 6.45) is 54.8. The average Bonchev–Trinajstić information content (AvgIpc) is 2.98. The number of unbranched alkanes of at least 4 members (excludes halogenated alkanes) is 36. The van der Waals surface area contributed by atoms with Gasteiger partial charge in [0.15, 0.2) is 0 Å². The first kappa shape index (κ1) is 46.4. The van der Waals surface area contributed by atoms with Crippen molar-refractivity contribution in [2.24, 2.45) is 0 Å². The van der Waals surface area contributed by atoms with Crippen LogP contribution in [0.25, 0.3) is 0 Å². The van der Waals surface area contributed by atoms with E-state index in [0.717, 1.165) is 4.48 Å². The molecule has 268 valence electrons. The van der Waals surface area contributed by atoms with Crippen LogP contribution in [0.3, 0.4) is 0 Å². The van der Waals surface area contributed by atoms with Gasteiger partial charge in [-0.2, -0.15) is 0 Å². The van der Waals surface area contributed by atoms with E-state index in [1.54, 1.807) is 0 Å². The van der Waals surface area contributed by atoms with Crippen LogP contribution in [0, 0.1) is 0 Å². The van der Waals surface area contributed by atoms with Crippen molar-refractivity contribution in [3.63, 3.8) is 0 Å². The minimum absolute atomic E-state index is 0. The Labute approximate surface area is 288 Å². The van der Waals surface area contributed by atoms with Crippen LogP contribution in [-0.4, -0.2) is 32.2 Å². The van der Waals surface area contributed by atoms with Gasteiger partial charge in [0.25, 0.3) is 0 Å². The fourth-order valence-electron chi connectivity index (χ4n) is 6.85. The van der Waals surface area contributed by atoms with Crippen molar-refractivity contribution in [1.82, 2.24) is 0 Å². The van der Waals surface area contributed by atoms with Crippen molar-refractivity contribution in [3.05, 3.63) is 0 Å². The highest BCUT2D eigenvalue weighted by Crippen LogP contribution is 2.17. The predicted molar refractivity (Wildman–Crippen MR) is 199 cm³/mol. The Hall–Kier alpha value is 0.250. The SMILES string of the molecule is CCCCCCCCCCCCCCCCCCCCCCCCCCCCCCCCCCCCCCC[N+](C)(C)C.[Cl-]. The molecule has 0 bridgehead atoms. The zero-order valence-electron chi connectivity index (χ0n) is 31.7. The van der Waals surface area contributed by atoms with Crippen molar-refractivity contribution < 1.29 is 16.9 Å². The van der Waals surface area contributed by atoms with E-state index in [-0.39, 0.29) is 12.4 Å². The Morgan fingerprint density at radius 1 is 0.227 bits per heavy atom. The summed E-state index contributed by atoms with van der Waals surface area (Å²) in [5.74, 6) is 0. The molecule has 0 spiro atoms. The smallest absolute Gasteiger partial charge is 0.0780 e. The molecule has 0 saturated carbocycles. The normalized spacial score (nSPS) is 11.7. The van der Waals surface area contributed by atoms with E-state index in [1.165, 1.54) is 244 Å². The number of nitrogens with zero attached hydrogens (tertiary/aromatic N) is 1. The molecule has 0 N–H and O–H groups in total. The van der Waals surface area contributed by atoms with Crippen molar-refractivity contribution in [3.8, 4) is 0 Å². The van der Waals surface area contributed by atoms with Gasteiger partial charge in [-0.15, -0.1) is 0 Å². The highest BCUT2D eigenvalue weighted by molar-refractivity contribution is 4.53. The van der Waals surface area contributed by atoms with E-state index in [2.05, 4.69) is 28.1 Å². The van der Waals surface area contributed by atoms with Crippen LogP contribution in [0.2, 0.25) is 0 Å². The molecule has 44 heavy (non-hydrogen) atoms. The van der Waals surface area contributed by atoms with E-state index in [0.29, 0.717) is 0 Å². The maximum atomic E-state index is 2.31. The molecule has 0 rings (SSSR count). The van der Waals surface area contributed by atoms with Crippen LogP contribution in [0.4, 0.5) is 0 Å². The minimum atomic E-state index is 0. The third kappa shape index (κ3) is 44.4. The van der Waals surface area contributed by atoms with Crippen LogP contribution in [0.15, 0.2) is 0 Å². The molecule has 0 aromatic carbocycles. The lowest BCUT2D eigenvalue weighted by Gasteiger charge is -2.23. The summed E-state index contributed by atoms with van der Waals surface area (Å²) < 4.78 is 1.12. The zero-order chi connectivity index (χ0) is 31.4. The molecule has 0 amide bonds. The zero-order valence-corrected chi connectivity index (χ0v) is 32.5. The minimum Gasteiger partial charge on any atom is -1.00 e. The van der Waals surface area contributed by atoms with Gasteiger partial charge >= 0.3 is 0 Å². The summed E-state index contributed by atoms with van der Waals surface area (Å²) in [6.45, 7) is 3.64. The molecule has 0 aliphatic carbocycles. The molecule has 0 aliphatic rings. The van der Waals surface area contributed by atoms with Gasteiger partial charge in [-0.25, -0.2) is 0 Å². The fourth-order valence-corrected chi connectivity index (χ4v) is 6.85. The van der Waals surface area contributed by atoms with Gasteiger partial charge < -0.3 is 16.9 Å². The predicted octanol–water partition coefficient (Wildman–Crippen LogP) is 12.2. The van der Waals surface area contributed by atoms with Gasteiger partial charge in [0.05, 0.1) is 27.7 Å². The Balaban J connectivity index is 0. The molecule has 0 saturated heterocycles. The lowest BCUT2D eigenvalue weighted by Crippen LogP contribution is -3.00. The molecule has 0 aromatic heterocycles. The number of rotatable bonds is 38. The Morgan fingerprint density at radius 2 is 0.364 bits per heavy atom. The quantitative estimate of drug-likeness (QED) is 0.0464. The first-order valence-electron chi connectivity index (χ1n) is 20.9. The molecule has 0 aliphatic heterocycles. The molecular formula is C42H88ClN. The van der Waals surface area contributed by atoms with Gasteiger partial charge in [0.1, 0.15) is 0 Å². The molecular weight excluding hydrogens is 554 g/mol. The van der Waals surface area contributed by atoms with Crippen molar-refractivity contribution in [2.75, 3.05) is 27.7 Å². The van der Waals surface area contributed by atoms with E-state index in [1.807, 2.05) is 0 Å². The summed E-state index contributed by atoms with van der Waals surface area (Å²) in [4.78, 5) is 0. The summed E-state index contributed by atoms with van der Waals surface area (Å²) >= 11 is 0. The number of hydrogen-bond acceptors (Lipinski definition) is 0. The third-order valence-electron chi connectivity index (χ3n) is 9.93. The second kappa shape index (κ2) is 39.4. The Kier molecular flexibility index (Phi) is 41.6. The van der Waals surface area contributed by atoms with Crippen LogP contribution in [0.5, 0.6) is 0 Å². The van der Waals surface area contributed by atoms with Crippen LogP contribution in [0.1, 0.15) is 244 Å². The molecule has 0 aromatic rings. The van der Waals surface area contributed by atoms with Crippen molar-refractivity contribution >= 4 is 0 Å². The fraction of sp³-hybridized carbons (Fsp3) is 1.00. The van der Waals surface area contributed by atoms with Crippen LogP contribution >= 0.6 is 0 Å². The molecule has 0 unspecified atom stereocenters.